The van der Waals surface area contributed by atoms with Crippen LogP contribution in [0.2, 0.25) is 0 Å². The number of nitrogens with zero attached hydrogens (tertiary/aromatic N) is 1. The standard InChI is InChI=1S/C14H11NO2S/c1-10-4-5-11(8-15)7-13(10)17-9-12(16)14-3-2-6-18-14/h2-7H,9H2,1H3. The van der Waals surface area contributed by atoms with Crippen molar-refractivity contribution in [2.24, 2.45) is 0 Å². The van der Waals surface area contributed by atoms with E-state index in [1.165, 1.54) is 11.3 Å². The molecule has 0 aliphatic rings. The van der Waals surface area contributed by atoms with Crippen molar-refractivity contribution in [2.75, 3.05) is 6.61 Å². The third kappa shape index (κ3) is 2.76. The summed E-state index contributed by atoms with van der Waals surface area (Å²) in [6, 6.07) is 10.8. The van der Waals surface area contributed by atoms with Crippen LogP contribution in [0, 0.1) is 18.3 Å². The second-order valence-electron chi connectivity index (χ2n) is 3.78. The molecule has 0 N–H and O–H groups in total. The summed E-state index contributed by atoms with van der Waals surface area (Å²) in [5.41, 5.74) is 1.44. The molecule has 0 saturated heterocycles. The molecule has 18 heavy (non-hydrogen) atoms. The van der Waals surface area contributed by atoms with Gasteiger partial charge in [0.1, 0.15) is 5.75 Å². The maximum Gasteiger partial charge on any atom is 0.210 e. The van der Waals surface area contributed by atoms with Gasteiger partial charge < -0.3 is 4.74 Å². The number of thiophene rings is 1. The first-order chi connectivity index (χ1) is 8.70. The number of Topliss-reactive ketones (excluding diaryl/α,β-unsaturated/α-hetero) is 1. The normalized spacial score (nSPS) is 9.78. The van der Waals surface area contributed by atoms with Crippen molar-refractivity contribution >= 4 is 17.1 Å². The Kier molecular flexibility index (Phi) is 3.75. The SMILES string of the molecule is Cc1ccc(C#N)cc1OCC(=O)c1cccs1. The van der Waals surface area contributed by atoms with Crippen LogP contribution < -0.4 is 4.74 Å². The minimum absolute atomic E-state index is 0.00373. The van der Waals surface area contributed by atoms with E-state index in [1.807, 2.05) is 30.5 Å². The van der Waals surface area contributed by atoms with Crippen LogP contribution in [0.15, 0.2) is 35.7 Å². The van der Waals surface area contributed by atoms with Gasteiger partial charge in [-0.15, -0.1) is 11.3 Å². The second kappa shape index (κ2) is 5.48. The van der Waals surface area contributed by atoms with E-state index < -0.39 is 0 Å². The minimum atomic E-state index is -0.0493. The maximum absolute atomic E-state index is 11.8. The lowest BCUT2D eigenvalue weighted by Crippen LogP contribution is -2.10. The zero-order valence-corrected chi connectivity index (χ0v) is 10.7. The van der Waals surface area contributed by atoms with Gasteiger partial charge in [0.2, 0.25) is 5.78 Å². The van der Waals surface area contributed by atoms with Crippen LogP contribution in [-0.4, -0.2) is 12.4 Å². The fourth-order valence-electron chi connectivity index (χ4n) is 1.48. The smallest absolute Gasteiger partial charge is 0.210 e. The summed E-state index contributed by atoms with van der Waals surface area (Å²) in [5.74, 6) is 0.533. The summed E-state index contributed by atoms with van der Waals surface area (Å²) >= 11 is 1.40. The fraction of sp³-hybridized carbons (Fsp3) is 0.143. The highest BCUT2D eigenvalue weighted by Gasteiger charge is 2.09. The van der Waals surface area contributed by atoms with Crippen LogP contribution in [0.4, 0.5) is 0 Å². The Morgan fingerprint density at radius 3 is 2.94 bits per heavy atom. The Morgan fingerprint density at radius 1 is 1.44 bits per heavy atom. The first-order valence-corrected chi connectivity index (χ1v) is 6.29. The summed E-state index contributed by atoms with van der Waals surface area (Å²) in [4.78, 5) is 12.4. The molecule has 0 aliphatic heterocycles. The van der Waals surface area contributed by atoms with E-state index in [1.54, 1.807) is 18.2 Å². The summed E-state index contributed by atoms with van der Waals surface area (Å²) in [6.07, 6.45) is 0. The molecule has 2 rings (SSSR count). The van der Waals surface area contributed by atoms with Gasteiger partial charge in [0, 0.05) is 0 Å². The molecule has 0 atom stereocenters. The van der Waals surface area contributed by atoms with Gasteiger partial charge in [0.05, 0.1) is 16.5 Å². The van der Waals surface area contributed by atoms with E-state index in [2.05, 4.69) is 0 Å². The molecule has 2 aromatic rings. The van der Waals surface area contributed by atoms with E-state index in [0.717, 1.165) is 5.56 Å². The van der Waals surface area contributed by atoms with Crippen molar-refractivity contribution in [3.05, 3.63) is 51.7 Å². The number of benzene rings is 1. The molecular formula is C14H11NO2S. The highest BCUT2D eigenvalue weighted by molar-refractivity contribution is 7.12. The lowest BCUT2D eigenvalue weighted by atomic mass is 10.1. The average molecular weight is 257 g/mol. The Morgan fingerprint density at radius 2 is 2.28 bits per heavy atom. The number of aryl methyl sites for hydroxylation is 1. The van der Waals surface area contributed by atoms with E-state index in [-0.39, 0.29) is 12.4 Å². The van der Waals surface area contributed by atoms with Crippen LogP contribution in [-0.2, 0) is 0 Å². The van der Waals surface area contributed by atoms with Gasteiger partial charge in [-0.1, -0.05) is 12.1 Å². The van der Waals surface area contributed by atoms with Gasteiger partial charge in [-0.25, -0.2) is 0 Å². The van der Waals surface area contributed by atoms with E-state index in [9.17, 15) is 4.79 Å². The van der Waals surface area contributed by atoms with Crippen LogP contribution in [0.3, 0.4) is 0 Å². The molecule has 0 fully saturated rings. The zero-order valence-electron chi connectivity index (χ0n) is 9.84. The summed E-state index contributed by atoms with van der Waals surface area (Å²) in [6.45, 7) is 1.88. The number of ketones is 1. The molecular weight excluding hydrogens is 246 g/mol. The summed E-state index contributed by atoms with van der Waals surface area (Å²) < 4.78 is 5.47. The molecule has 4 heteroatoms. The highest BCUT2D eigenvalue weighted by Crippen LogP contribution is 2.20. The molecule has 1 heterocycles. The molecule has 0 bridgehead atoms. The first-order valence-electron chi connectivity index (χ1n) is 5.41. The Hall–Kier alpha value is -2.12. The van der Waals surface area contributed by atoms with Gasteiger partial charge in [-0.3, -0.25) is 4.79 Å². The molecule has 0 amide bonds. The van der Waals surface area contributed by atoms with Gasteiger partial charge in [-0.05, 0) is 36.1 Å². The molecule has 0 radical (unpaired) electrons. The number of carbonyl (C=O) groups is 1. The number of carbonyl (C=O) groups excluding carboxylic acids is 1. The van der Waals surface area contributed by atoms with Crippen LogP contribution in [0.5, 0.6) is 5.75 Å². The molecule has 1 aromatic carbocycles. The summed E-state index contributed by atoms with van der Waals surface area (Å²) in [5, 5.41) is 10.7. The third-order valence-electron chi connectivity index (χ3n) is 2.47. The predicted molar refractivity (Wildman–Crippen MR) is 70.0 cm³/mol. The quantitative estimate of drug-likeness (QED) is 0.790. The second-order valence-corrected chi connectivity index (χ2v) is 4.73. The number of nitriles is 1. The average Bonchev–Trinajstić information content (AvgIpc) is 2.91. The Bertz CT molecular complexity index is 597. The Labute approximate surface area is 109 Å². The van der Waals surface area contributed by atoms with Gasteiger partial charge in [0.15, 0.2) is 6.61 Å². The van der Waals surface area contributed by atoms with Gasteiger partial charge in [-0.2, -0.15) is 5.26 Å². The van der Waals surface area contributed by atoms with Crippen LogP contribution >= 0.6 is 11.3 Å². The molecule has 0 unspecified atom stereocenters. The number of rotatable bonds is 4. The van der Waals surface area contributed by atoms with E-state index in [0.29, 0.717) is 16.2 Å². The van der Waals surface area contributed by atoms with Gasteiger partial charge >= 0.3 is 0 Å². The van der Waals surface area contributed by atoms with Crippen molar-refractivity contribution in [3.63, 3.8) is 0 Å². The lowest BCUT2D eigenvalue weighted by Gasteiger charge is -2.08. The fourth-order valence-corrected chi connectivity index (χ4v) is 2.13. The Balaban J connectivity index is 2.07. The molecule has 0 spiro atoms. The first kappa shape index (κ1) is 12.3. The van der Waals surface area contributed by atoms with Crippen molar-refractivity contribution < 1.29 is 9.53 Å². The molecule has 1 aromatic heterocycles. The van der Waals surface area contributed by atoms with Crippen LogP contribution in [0.25, 0.3) is 0 Å². The highest BCUT2D eigenvalue weighted by atomic mass is 32.1. The zero-order chi connectivity index (χ0) is 13.0. The monoisotopic (exact) mass is 257 g/mol. The molecule has 90 valence electrons. The molecule has 0 saturated carbocycles. The van der Waals surface area contributed by atoms with Crippen LogP contribution in [0.1, 0.15) is 20.8 Å². The maximum atomic E-state index is 11.8. The lowest BCUT2D eigenvalue weighted by molar-refractivity contribution is 0.0925. The largest absolute Gasteiger partial charge is 0.485 e. The van der Waals surface area contributed by atoms with E-state index in [4.69, 9.17) is 10.00 Å². The number of hydrogen-bond acceptors (Lipinski definition) is 4. The number of hydrogen-bond donors (Lipinski definition) is 0. The van der Waals surface area contributed by atoms with Crippen molar-refractivity contribution in [1.29, 1.82) is 5.26 Å². The van der Waals surface area contributed by atoms with Gasteiger partial charge in [0.25, 0.3) is 0 Å². The molecule has 3 nitrogen and oxygen atoms in total. The topological polar surface area (TPSA) is 50.1 Å². The predicted octanol–water partition coefficient (Wildman–Crippen LogP) is 3.19. The van der Waals surface area contributed by atoms with E-state index >= 15 is 0 Å². The molecule has 0 aliphatic carbocycles. The van der Waals surface area contributed by atoms with Crippen molar-refractivity contribution in [3.8, 4) is 11.8 Å². The van der Waals surface area contributed by atoms with Crippen molar-refractivity contribution in [1.82, 2.24) is 0 Å². The summed E-state index contributed by atoms with van der Waals surface area (Å²) in [7, 11) is 0. The minimum Gasteiger partial charge on any atom is -0.485 e. The number of ether oxygens (including phenoxy) is 1. The van der Waals surface area contributed by atoms with Crippen molar-refractivity contribution in [2.45, 2.75) is 6.92 Å². The third-order valence-corrected chi connectivity index (χ3v) is 3.38.